The first-order chi connectivity index (χ1) is 21.2. The van der Waals surface area contributed by atoms with Crippen LogP contribution in [0.4, 0.5) is 0 Å². The summed E-state index contributed by atoms with van der Waals surface area (Å²) in [4.78, 5) is 20.5. The predicted molar refractivity (Wildman–Crippen MR) is 172 cm³/mol. The standard InChI is InChI=1S/C33H38Cl3N3O5/c1-21-15-28(35)31(29(36)16-21)44-14-13-43-30-8-4-24(18-38-30)33(41)10-11-37-19-26(33)32(40)39(25-5-6-25)20-23-17-22(9-12-42-2)3-7-27(23)34/h3-4,7-8,15-18,25-26,37,41H,5-6,9-14,19-20H2,1-2H3. The predicted octanol–water partition coefficient (Wildman–Crippen LogP) is 5.99. The Labute approximate surface area is 273 Å². The molecule has 1 amide bonds. The molecule has 2 heterocycles. The van der Waals surface area contributed by atoms with Crippen molar-refractivity contribution in [2.45, 2.75) is 50.8 Å². The number of aliphatic hydroxyl groups is 1. The number of ether oxygens (including phenoxy) is 3. The molecule has 236 valence electrons. The van der Waals surface area contributed by atoms with E-state index in [4.69, 9.17) is 49.0 Å². The van der Waals surface area contributed by atoms with Crippen LogP contribution in [0.15, 0.2) is 48.7 Å². The van der Waals surface area contributed by atoms with E-state index in [-0.39, 0.29) is 25.2 Å². The molecule has 2 fully saturated rings. The maximum atomic E-state index is 14.2. The summed E-state index contributed by atoms with van der Waals surface area (Å²) >= 11 is 19.1. The van der Waals surface area contributed by atoms with Crippen LogP contribution in [0.2, 0.25) is 15.1 Å². The highest BCUT2D eigenvalue weighted by Crippen LogP contribution is 2.40. The number of nitrogens with one attached hydrogen (secondary N) is 1. The molecule has 2 aromatic carbocycles. The average molecular weight is 663 g/mol. The van der Waals surface area contributed by atoms with E-state index in [9.17, 15) is 9.90 Å². The number of nitrogens with zero attached hydrogens (tertiary/aromatic N) is 2. The van der Waals surface area contributed by atoms with Gasteiger partial charge in [0.15, 0.2) is 5.75 Å². The molecule has 44 heavy (non-hydrogen) atoms. The number of benzene rings is 2. The van der Waals surface area contributed by atoms with Crippen LogP contribution in [0.1, 0.15) is 41.5 Å². The van der Waals surface area contributed by atoms with E-state index in [0.29, 0.717) is 64.9 Å². The molecular weight excluding hydrogens is 625 g/mol. The summed E-state index contributed by atoms with van der Waals surface area (Å²) < 4.78 is 16.7. The summed E-state index contributed by atoms with van der Waals surface area (Å²) in [5.74, 6) is 0.0159. The molecule has 5 rings (SSSR count). The summed E-state index contributed by atoms with van der Waals surface area (Å²) in [6.07, 6.45) is 4.60. The maximum Gasteiger partial charge on any atom is 0.230 e. The van der Waals surface area contributed by atoms with Gasteiger partial charge in [-0.05, 0) is 80.1 Å². The molecular formula is C33H38Cl3N3O5. The first kappa shape index (κ1) is 32.8. The zero-order valence-corrected chi connectivity index (χ0v) is 27.2. The first-order valence-corrected chi connectivity index (χ1v) is 16.0. The summed E-state index contributed by atoms with van der Waals surface area (Å²) in [6, 6.07) is 13.1. The SMILES string of the molecule is COCCc1ccc(Cl)c(CN(C(=O)C2CNCCC2(O)c2ccc(OCCOc3c(Cl)cc(C)cc3Cl)nc2)C2CC2)c1. The molecule has 0 spiro atoms. The molecule has 3 aromatic rings. The van der Waals surface area contributed by atoms with Gasteiger partial charge < -0.3 is 29.5 Å². The van der Waals surface area contributed by atoms with Gasteiger partial charge in [-0.1, -0.05) is 46.9 Å². The lowest BCUT2D eigenvalue weighted by Gasteiger charge is -2.42. The van der Waals surface area contributed by atoms with Gasteiger partial charge in [-0.15, -0.1) is 0 Å². The van der Waals surface area contributed by atoms with Gasteiger partial charge in [-0.3, -0.25) is 4.79 Å². The number of halogens is 3. The Balaban J connectivity index is 1.25. The highest BCUT2D eigenvalue weighted by atomic mass is 35.5. The fourth-order valence-electron chi connectivity index (χ4n) is 5.62. The number of hydrogen-bond acceptors (Lipinski definition) is 7. The van der Waals surface area contributed by atoms with Gasteiger partial charge in [0.25, 0.3) is 0 Å². The molecule has 2 unspecified atom stereocenters. The number of aryl methyl sites for hydroxylation is 1. The van der Waals surface area contributed by atoms with E-state index in [0.717, 1.165) is 36.0 Å². The lowest BCUT2D eigenvalue weighted by atomic mass is 9.76. The van der Waals surface area contributed by atoms with E-state index in [2.05, 4.69) is 10.3 Å². The average Bonchev–Trinajstić information content (AvgIpc) is 3.85. The van der Waals surface area contributed by atoms with E-state index in [1.165, 1.54) is 0 Å². The second-order valence-electron chi connectivity index (χ2n) is 11.4. The van der Waals surface area contributed by atoms with Crippen LogP contribution >= 0.6 is 34.8 Å². The van der Waals surface area contributed by atoms with E-state index >= 15 is 0 Å². The monoisotopic (exact) mass is 661 g/mol. The van der Waals surface area contributed by atoms with Crippen LogP contribution in [0, 0.1) is 12.8 Å². The fourth-order valence-corrected chi connectivity index (χ4v) is 6.51. The summed E-state index contributed by atoms with van der Waals surface area (Å²) in [5.41, 5.74) is 2.14. The zero-order chi connectivity index (χ0) is 31.3. The van der Waals surface area contributed by atoms with Gasteiger partial charge in [0, 0.05) is 49.1 Å². The van der Waals surface area contributed by atoms with Gasteiger partial charge in [-0.25, -0.2) is 4.98 Å². The van der Waals surface area contributed by atoms with E-state index < -0.39 is 11.5 Å². The molecule has 1 saturated carbocycles. The van der Waals surface area contributed by atoms with Crippen LogP contribution in [0.3, 0.4) is 0 Å². The number of hydrogen-bond donors (Lipinski definition) is 2. The Morgan fingerprint density at radius 2 is 1.80 bits per heavy atom. The van der Waals surface area contributed by atoms with Crippen molar-refractivity contribution in [2.24, 2.45) is 5.92 Å². The van der Waals surface area contributed by atoms with Crippen LogP contribution in [0.5, 0.6) is 11.6 Å². The molecule has 1 saturated heterocycles. The molecule has 1 aliphatic heterocycles. The molecule has 2 aliphatic rings. The molecule has 11 heteroatoms. The van der Waals surface area contributed by atoms with Crippen LogP contribution in [-0.4, -0.2) is 67.0 Å². The van der Waals surface area contributed by atoms with Crippen LogP contribution in [0.25, 0.3) is 0 Å². The minimum Gasteiger partial charge on any atom is -0.487 e. The van der Waals surface area contributed by atoms with Crippen molar-refractivity contribution < 1.29 is 24.1 Å². The van der Waals surface area contributed by atoms with Gasteiger partial charge in [0.05, 0.1) is 22.6 Å². The Morgan fingerprint density at radius 1 is 1.05 bits per heavy atom. The topological polar surface area (TPSA) is 93.2 Å². The fraction of sp³-hybridized carbons (Fsp3) is 0.455. The lowest BCUT2D eigenvalue weighted by Crippen LogP contribution is -2.55. The number of pyridine rings is 1. The lowest BCUT2D eigenvalue weighted by molar-refractivity contribution is -0.150. The highest BCUT2D eigenvalue weighted by Gasteiger charge is 2.48. The van der Waals surface area contributed by atoms with Crippen molar-refractivity contribution in [3.63, 3.8) is 0 Å². The quantitative estimate of drug-likeness (QED) is 0.218. The van der Waals surface area contributed by atoms with Crippen molar-refractivity contribution in [2.75, 3.05) is 40.0 Å². The van der Waals surface area contributed by atoms with Gasteiger partial charge in [0.2, 0.25) is 11.8 Å². The van der Waals surface area contributed by atoms with Gasteiger partial charge >= 0.3 is 0 Å². The van der Waals surface area contributed by atoms with Gasteiger partial charge in [0.1, 0.15) is 18.8 Å². The first-order valence-electron chi connectivity index (χ1n) is 14.9. The molecule has 8 nitrogen and oxygen atoms in total. The number of rotatable bonds is 13. The van der Waals surface area contributed by atoms with E-state index in [1.54, 1.807) is 37.6 Å². The number of carbonyl (C=O) groups excluding carboxylic acids is 1. The molecule has 1 aliphatic carbocycles. The van der Waals surface area contributed by atoms with Gasteiger partial charge in [-0.2, -0.15) is 0 Å². The summed E-state index contributed by atoms with van der Waals surface area (Å²) in [6.45, 7) is 4.28. The third kappa shape index (κ3) is 7.79. The Hall–Kier alpha value is -2.59. The molecule has 1 aromatic heterocycles. The minimum absolute atomic E-state index is 0.0912. The number of amides is 1. The van der Waals surface area contributed by atoms with Crippen molar-refractivity contribution in [3.8, 4) is 11.6 Å². The van der Waals surface area contributed by atoms with Crippen molar-refractivity contribution in [1.29, 1.82) is 0 Å². The number of aromatic nitrogens is 1. The minimum atomic E-state index is -1.38. The molecule has 2 atom stereocenters. The summed E-state index contributed by atoms with van der Waals surface area (Å²) in [7, 11) is 1.68. The Kier molecular flexibility index (Phi) is 10.9. The second-order valence-corrected chi connectivity index (χ2v) is 12.7. The molecule has 0 bridgehead atoms. The third-order valence-electron chi connectivity index (χ3n) is 8.18. The number of carbonyl (C=O) groups is 1. The van der Waals surface area contributed by atoms with Crippen LogP contribution < -0.4 is 14.8 Å². The Bertz CT molecular complexity index is 1430. The normalized spacial score (nSPS) is 19.9. The Morgan fingerprint density at radius 3 is 2.48 bits per heavy atom. The zero-order valence-electron chi connectivity index (χ0n) is 25.0. The molecule has 0 radical (unpaired) electrons. The largest absolute Gasteiger partial charge is 0.487 e. The number of piperidine rings is 1. The van der Waals surface area contributed by atoms with Crippen molar-refractivity contribution in [3.05, 3.63) is 86.0 Å². The molecule has 2 N–H and O–H groups in total. The number of methoxy groups -OCH3 is 1. The second kappa shape index (κ2) is 14.7. The summed E-state index contributed by atoms with van der Waals surface area (Å²) in [5, 5.41) is 16.8. The third-order valence-corrected chi connectivity index (χ3v) is 9.11. The maximum absolute atomic E-state index is 14.2. The van der Waals surface area contributed by atoms with E-state index in [1.807, 2.05) is 30.0 Å². The smallest absolute Gasteiger partial charge is 0.230 e. The highest BCUT2D eigenvalue weighted by molar-refractivity contribution is 6.37. The van der Waals surface area contributed by atoms with Crippen LogP contribution in [-0.2, 0) is 28.1 Å². The van der Waals surface area contributed by atoms with Crippen molar-refractivity contribution >= 4 is 40.7 Å². The van der Waals surface area contributed by atoms with Crippen molar-refractivity contribution in [1.82, 2.24) is 15.2 Å².